The van der Waals surface area contributed by atoms with Gasteiger partial charge in [-0.2, -0.15) is 5.26 Å². The fourth-order valence-electron chi connectivity index (χ4n) is 1.48. The van der Waals surface area contributed by atoms with Crippen LogP contribution >= 0.6 is 11.6 Å². The zero-order valence-electron chi connectivity index (χ0n) is 9.75. The van der Waals surface area contributed by atoms with Gasteiger partial charge in [0.2, 0.25) is 0 Å². The molecule has 1 aromatic carbocycles. The highest BCUT2D eigenvalue weighted by Crippen LogP contribution is 2.27. The van der Waals surface area contributed by atoms with Crippen molar-refractivity contribution in [2.45, 2.75) is 13.5 Å². The molecule has 0 aliphatic heterocycles. The third kappa shape index (κ3) is 3.13. The Hall–Kier alpha value is -1.24. The predicted molar refractivity (Wildman–Crippen MR) is 64.7 cm³/mol. The second-order valence-corrected chi connectivity index (χ2v) is 4.15. The molecule has 0 unspecified atom stereocenters. The van der Waals surface area contributed by atoms with Crippen molar-refractivity contribution in [3.05, 3.63) is 28.3 Å². The van der Waals surface area contributed by atoms with Gasteiger partial charge >= 0.3 is 0 Å². The number of hydrogen-bond donors (Lipinski definition) is 0. The molecular formula is C12H15ClN2O. The zero-order valence-corrected chi connectivity index (χ0v) is 10.5. The summed E-state index contributed by atoms with van der Waals surface area (Å²) in [6.45, 7) is 2.97. The van der Waals surface area contributed by atoms with Crippen LogP contribution in [0.5, 0.6) is 5.75 Å². The van der Waals surface area contributed by atoms with Crippen LogP contribution in [0.25, 0.3) is 0 Å². The van der Waals surface area contributed by atoms with Gasteiger partial charge in [0.25, 0.3) is 0 Å². The normalized spacial score (nSPS) is 10.2. The Labute approximate surface area is 101 Å². The van der Waals surface area contributed by atoms with Crippen LogP contribution in [0.4, 0.5) is 0 Å². The molecular weight excluding hydrogens is 224 g/mol. The topological polar surface area (TPSA) is 36.3 Å². The molecule has 0 radical (unpaired) electrons. The van der Waals surface area contributed by atoms with Crippen molar-refractivity contribution in [3.8, 4) is 11.8 Å². The summed E-state index contributed by atoms with van der Waals surface area (Å²) < 4.78 is 5.29. The van der Waals surface area contributed by atoms with Crippen molar-refractivity contribution in [2.24, 2.45) is 0 Å². The number of methoxy groups -OCH3 is 1. The standard InChI is InChI=1S/C12H15ClN2O/c1-9-6-12(16-3)10(7-11(9)13)8-15(2)5-4-14/h6-7H,5,8H2,1-3H3. The molecule has 4 heteroatoms. The summed E-state index contributed by atoms with van der Waals surface area (Å²) >= 11 is 6.06. The minimum atomic E-state index is 0.384. The molecule has 0 bridgehead atoms. The Balaban J connectivity index is 2.94. The minimum absolute atomic E-state index is 0.384. The largest absolute Gasteiger partial charge is 0.496 e. The van der Waals surface area contributed by atoms with E-state index in [4.69, 9.17) is 21.6 Å². The second kappa shape index (κ2) is 5.74. The van der Waals surface area contributed by atoms with E-state index < -0.39 is 0 Å². The van der Waals surface area contributed by atoms with Gasteiger partial charge in [-0.25, -0.2) is 0 Å². The van der Waals surface area contributed by atoms with Crippen LogP contribution < -0.4 is 4.74 Å². The van der Waals surface area contributed by atoms with Crippen LogP contribution in [-0.4, -0.2) is 25.6 Å². The van der Waals surface area contributed by atoms with Crippen LogP contribution in [0.15, 0.2) is 12.1 Å². The van der Waals surface area contributed by atoms with E-state index in [2.05, 4.69) is 6.07 Å². The fourth-order valence-corrected chi connectivity index (χ4v) is 1.66. The first-order chi connectivity index (χ1) is 7.58. The van der Waals surface area contributed by atoms with Gasteiger partial charge in [0.1, 0.15) is 5.75 Å². The molecule has 0 saturated heterocycles. The van der Waals surface area contributed by atoms with E-state index in [0.717, 1.165) is 21.9 Å². The summed E-state index contributed by atoms with van der Waals surface area (Å²) in [5, 5.41) is 9.31. The number of nitrogens with zero attached hydrogens (tertiary/aromatic N) is 2. The summed E-state index contributed by atoms with van der Waals surface area (Å²) in [6, 6.07) is 5.91. The molecule has 0 aromatic heterocycles. The molecule has 1 rings (SSSR count). The summed E-state index contributed by atoms with van der Waals surface area (Å²) in [5.41, 5.74) is 1.99. The molecule has 0 heterocycles. The predicted octanol–water partition coefficient (Wildman–Crippen LogP) is 2.61. The maximum Gasteiger partial charge on any atom is 0.123 e. The SMILES string of the molecule is COc1cc(C)c(Cl)cc1CN(C)CC#N. The van der Waals surface area contributed by atoms with Crippen molar-refractivity contribution < 1.29 is 4.74 Å². The number of hydrogen-bond acceptors (Lipinski definition) is 3. The maximum absolute atomic E-state index is 8.59. The highest BCUT2D eigenvalue weighted by molar-refractivity contribution is 6.31. The highest BCUT2D eigenvalue weighted by Gasteiger charge is 2.09. The lowest BCUT2D eigenvalue weighted by Gasteiger charge is -2.16. The smallest absolute Gasteiger partial charge is 0.123 e. The summed E-state index contributed by atoms with van der Waals surface area (Å²) in [4.78, 5) is 1.91. The number of aryl methyl sites for hydroxylation is 1. The Morgan fingerprint density at radius 3 is 2.75 bits per heavy atom. The van der Waals surface area contributed by atoms with Gasteiger partial charge in [-0.1, -0.05) is 11.6 Å². The summed E-state index contributed by atoms with van der Waals surface area (Å²) in [5.74, 6) is 0.812. The van der Waals surface area contributed by atoms with Crippen molar-refractivity contribution in [3.63, 3.8) is 0 Å². The third-order valence-corrected chi connectivity index (χ3v) is 2.75. The van der Waals surface area contributed by atoms with E-state index in [1.165, 1.54) is 0 Å². The lowest BCUT2D eigenvalue weighted by Crippen LogP contribution is -2.18. The lowest BCUT2D eigenvalue weighted by molar-refractivity contribution is 0.349. The number of nitriles is 1. The first-order valence-electron chi connectivity index (χ1n) is 4.97. The van der Waals surface area contributed by atoms with Crippen molar-refractivity contribution in [1.29, 1.82) is 5.26 Å². The van der Waals surface area contributed by atoms with Crippen LogP contribution in [0.1, 0.15) is 11.1 Å². The fraction of sp³-hybridized carbons (Fsp3) is 0.417. The Bertz CT molecular complexity index is 412. The Morgan fingerprint density at radius 2 is 2.19 bits per heavy atom. The molecule has 0 aliphatic rings. The highest BCUT2D eigenvalue weighted by atomic mass is 35.5. The van der Waals surface area contributed by atoms with E-state index in [1.54, 1.807) is 7.11 Å². The van der Waals surface area contributed by atoms with E-state index in [9.17, 15) is 0 Å². The van der Waals surface area contributed by atoms with Crippen LogP contribution in [0.2, 0.25) is 5.02 Å². The average Bonchev–Trinajstić information content (AvgIpc) is 2.23. The first-order valence-corrected chi connectivity index (χ1v) is 5.34. The molecule has 86 valence electrons. The Morgan fingerprint density at radius 1 is 1.50 bits per heavy atom. The molecule has 0 N–H and O–H groups in total. The number of rotatable bonds is 4. The number of benzene rings is 1. The zero-order chi connectivity index (χ0) is 12.1. The van der Waals surface area contributed by atoms with Gasteiger partial charge in [0.05, 0.1) is 19.7 Å². The third-order valence-electron chi connectivity index (χ3n) is 2.34. The molecule has 3 nitrogen and oxygen atoms in total. The summed E-state index contributed by atoms with van der Waals surface area (Å²) in [6.07, 6.45) is 0. The monoisotopic (exact) mass is 238 g/mol. The van der Waals surface area contributed by atoms with Crippen molar-refractivity contribution >= 4 is 11.6 Å². The number of ether oxygens (including phenoxy) is 1. The van der Waals surface area contributed by atoms with E-state index >= 15 is 0 Å². The Kier molecular flexibility index (Phi) is 4.60. The molecule has 0 saturated carbocycles. The maximum atomic E-state index is 8.59. The summed E-state index contributed by atoms with van der Waals surface area (Å²) in [7, 11) is 3.52. The van der Waals surface area contributed by atoms with Gasteiger partial charge in [-0.15, -0.1) is 0 Å². The molecule has 0 aliphatic carbocycles. The van der Waals surface area contributed by atoms with E-state index in [0.29, 0.717) is 13.1 Å². The van der Waals surface area contributed by atoms with E-state index in [-0.39, 0.29) is 0 Å². The van der Waals surface area contributed by atoms with Crippen LogP contribution in [0, 0.1) is 18.3 Å². The quantitative estimate of drug-likeness (QED) is 0.757. The van der Waals surface area contributed by atoms with Gasteiger partial charge in [-0.3, -0.25) is 4.90 Å². The van der Waals surface area contributed by atoms with Crippen LogP contribution in [0.3, 0.4) is 0 Å². The van der Waals surface area contributed by atoms with Crippen molar-refractivity contribution in [2.75, 3.05) is 20.7 Å². The lowest BCUT2D eigenvalue weighted by atomic mass is 10.1. The first kappa shape index (κ1) is 12.8. The molecule has 0 spiro atoms. The average molecular weight is 239 g/mol. The number of halogens is 1. The molecule has 0 fully saturated rings. The molecule has 0 atom stereocenters. The van der Waals surface area contributed by atoms with Gasteiger partial charge in [-0.05, 0) is 31.7 Å². The molecule has 16 heavy (non-hydrogen) atoms. The minimum Gasteiger partial charge on any atom is -0.496 e. The molecule has 1 aromatic rings. The molecule has 0 amide bonds. The van der Waals surface area contributed by atoms with E-state index in [1.807, 2.05) is 31.0 Å². The van der Waals surface area contributed by atoms with Gasteiger partial charge < -0.3 is 4.74 Å². The van der Waals surface area contributed by atoms with Gasteiger partial charge in [0, 0.05) is 17.1 Å². The van der Waals surface area contributed by atoms with Gasteiger partial charge in [0.15, 0.2) is 0 Å². The van der Waals surface area contributed by atoms with Crippen molar-refractivity contribution in [1.82, 2.24) is 4.90 Å². The van der Waals surface area contributed by atoms with Crippen LogP contribution in [-0.2, 0) is 6.54 Å². The second-order valence-electron chi connectivity index (χ2n) is 3.74.